The number of halogens is 1. The Morgan fingerprint density at radius 3 is 2.27 bits per heavy atom. The zero-order chi connectivity index (χ0) is 11.6. The van der Waals surface area contributed by atoms with Crippen molar-refractivity contribution in [3.05, 3.63) is 35.1 Å². The third kappa shape index (κ3) is 2.76. The summed E-state index contributed by atoms with van der Waals surface area (Å²) in [6.07, 6.45) is -1.78. The van der Waals surface area contributed by atoms with Crippen molar-refractivity contribution in [3.8, 4) is 0 Å². The van der Waals surface area contributed by atoms with Crippen LogP contribution in [0.5, 0.6) is 0 Å². The van der Waals surface area contributed by atoms with E-state index >= 15 is 0 Å². The molecule has 0 saturated carbocycles. The fourth-order valence-corrected chi connectivity index (χ4v) is 1.41. The molecule has 0 amide bonds. The minimum atomic E-state index is -0.954. The minimum absolute atomic E-state index is 0.0367. The Morgan fingerprint density at radius 1 is 1.20 bits per heavy atom. The molecule has 1 aromatic rings. The molecular weight excluding hydrogens is 195 g/mol. The van der Waals surface area contributed by atoms with Gasteiger partial charge in [-0.1, -0.05) is 26.0 Å². The number of aliphatic hydroxyl groups is 2. The van der Waals surface area contributed by atoms with Crippen LogP contribution in [0.2, 0.25) is 0 Å². The van der Waals surface area contributed by atoms with Crippen LogP contribution in [-0.2, 0) is 0 Å². The zero-order valence-electron chi connectivity index (χ0n) is 9.24. The van der Waals surface area contributed by atoms with Crippen molar-refractivity contribution in [2.75, 3.05) is 0 Å². The molecule has 84 valence electrons. The SMILES string of the molecule is Cc1cc(C(O)C(O)C(C)C)ccc1F. The Morgan fingerprint density at radius 2 is 1.80 bits per heavy atom. The molecule has 1 aromatic carbocycles. The molecule has 0 aliphatic carbocycles. The summed E-state index contributed by atoms with van der Waals surface area (Å²) in [4.78, 5) is 0. The van der Waals surface area contributed by atoms with E-state index in [4.69, 9.17) is 0 Å². The second-order valence-electron chi connectivity index (χ2n) is 4.19. The van der Waals surface area contributed by atoms with E-state index in [2.05, 4.69) is 0 Å². The second kappa shape index (κ2) is 4.73. The summed E-state index contributed by atoms with van der Waals surface area (Å²) in [7, 11) is 0. The number of rotatable bonds is 3. The molecule has 0 aliphatic heterocycles. The van der Waals surface area contributed by atoms with E-state index in [9.17, 15) is 14.6 Å². The largest absolute Gasteiger partial charge is 0.390 e. The predicted molar refractivity (Wildman–Crippen MR) is 56.9 cm³/mol. The predicted octanol–water partition coefficient (Wildman–Crippen LogP) is 2.18. The van der Waals surface area contributed by atoms with Gasteiger partial charge in [-0.3, -0.25) is 0 Å². The van der Waals surface area contributed by atoms with Crippen molar-refractivity contribution >= 4 is 0 Å². The smallest absolute Gasteiger partial charge is 0.126 e. The first-order valence-electron chi connectivity index (χ1n) is 5.05. The standard InChI is InChI=1S/C12H17FO2/c1-7(2)11(14)12(15)9-4-5-10(13)8(3)6-9/h4-7,11-12,14-15H,1-3H3. The van der Waals surface area contributed by atoms with Gasteiger partial charge in [-0.05, 0) is 30.0 Å². The quantitative estimate of drug-likeness (QED) is 0.806. The van der Waals surface area contributed by atoms with Crippen molar-refractivity contribution in [1.82, 2.24) is 0 Å². The normalized spacial score (nSPS) is 15.4. The molecule has 0 spiro atoms. The Kier molecular flexibility index (Phi) is 3.83. The lowest BCUT2D eigenvalue weighted by molar-refractivity contribution is -0.00945. The first-order chi connectivity index (χ1) is 6.93. The molecule has 3 heteroatoms. The van der Waals surface area contributed by atoms with Gasteiger partial charge in [-0.15, -0.1) is 0 Å². The maximum Gasteiger partial charge on any atom is 0.126 e. The third-order valence-electron chi connectivity index (χ3n) is 2.53. The van der Waals surface area contributed by atoms with Crippen LogP contribution in [0.4, 0.5) is 4.39 Å². The molecule has 15 heavy (non-hydrogen) atoms. The van der Waals surface area contributed by atoms with E-state index in [-0.39, 0.29) is 11.7 Å². The zero-order valence-corrected chi connectivity index (χ0v) is 9.24. The van der Waals surface area contributed by atoms with Gasteiger partial charge in [-0.2, -0.15) is 0 Å². The molecular formula is C12H17FO2. The lowest BCUT2D eigenvalue weighted by atomic mass is 9.95. The summed E-state index contributed by atoms with van der Waals surface area (Å²) in [5, 5.41) is 19.5. The van der Waals surface area contributed by atoms with Crippen molar-refractivity contribution in [2.45, 2.75) is 33.0 Å². The van der Waals surface area contributed by atoms with Gasteiger partial charge in [0.1, 0.15) is 11.9 Å². The summed E-state index contributed by atoms with van der Waals surface area (Å²) in [5.74, 6) is -0.338. The fourth-order valence-electron chi connectivity index (χ4n) is 1.41. The average molecular weight is 212 g/mol. The van der Waals surface area contributed by atoms with E-state index in [0.29, 0.717) is 11.1 Å². The van der Waals surface area contributed by atoms with E-state index in [1.54, 1.807) is 13.0 Å². The highest BCUT2D eigenvalue weighted by atomic mass is 19.1. The van der Waals surface area contributed by atoms with E-state index in [0.717, 1.165) is 0 Å². The average Bonchev–Trinajstić information content (AvgIpc) is 2.19. The second-order valence-corrected chi connectivity index (χ2v) is 4.19. The van der Waals surface area contributed by atoms with Gasteiger partial charge in [0.05, 0.1) is 6.10 Å². The molecule has 0 saturated heterocycles. The lowest BCUT2D eigenvalue weighted by Crippen LogP contribution is -2.24. The molecule has 0 aromatic heterocycles. The first-order valence-corrected chi connectivity index (χ1v) is 5.05. The molecule has 0 aliphatic rings. The molecule has 2 unspecified atom stereocenters. The number of aliphatic hydroxyl groups excluding tert-OH is 2. The van der Waals surface area contributed by atoms with E-state index < -0.39 is 12.2 Å². The number of benzene rings is 1. The number of hydrogen-bond acceptors (Lipinski definition) is 2. The van der Waals surface area contributed by atoms with Gasteiger partial charge >= 0.3 is 0 Å². The van der Waals surface area contributed by atoms with Crippen LogP contribution < -0.4 is 0 Å². The Balaban J connectivity index is 2.91. The van der Waals surface area contributed by atoms with Gasteiger partial charge in [-0.25, -0.2) is 4.39 Å². The monoisotopic (exact) mass is 212 g/mol. The van der Waals surface area contributed by atoms with Crippen molar-refractivity contribution in [3.63, 3.8) is 0 Å². The van der Waals surface area contributed by atoms with Crippen LogP contribution in [0, 0.1) is 18.7 Å². The Labute approximate surface area is 89.4 Å². The van der Waals surface area contributed by atoms with Gasteiger partial charge in [0.15, 0.2) is 0 Å². The molecule has 2 nitrogen and oxygen atoms in total. The van der Waals surface area contributed by atoms with Gasteiger partial charge in [0, 0.05) is 0 Å². The highest BCUT2D eigenvalue weighted by molar-refractivity contribution is 5.26. The van der Waals surface area contributed by atoms with Crippen molar-refractivity contribution in [1.29, 1.82) is 0 Å². The number of hydrogen-bond donors (Lipinski definition) is 2. The molecule has 0 fully saturated rings. The van der Waals surface area contributed by atoms with Gasteiger partial charge in [0.25, 0.3) is 0 Å². The van der Waals surface area contributed by atoms with Gasteiger partial charge in [0.2, 0.25) is 0 Å². The summed E-state index contributed by atoms with van der Waals surface area (Å²) in [6, 6.07) is 4.37. The molecule has 2 N–H and O–H groups in total. The fraction of sp³-hybridized carbons (Fsp3) is 0.500. The van der Waals surface area contributed by atoms with E-state index in [1.807, 2.05) is 13.8 Å². The third-order valence-corrected chi connectivity index (χ3v) is 2.53. The highest BCUT2D eigenvalue weighted by Crippen LogP contribution is 2.23. The highest BCUT2D eigenvalue weighted by Gasteiger charge is 2.21. The van der Waals surface area contributed by atoms with Crippen LogP contribution in [0.25, 0.3) is 0 Å². The molecule has 0 heterocycles. The maximum atomic E-state index is 13.0. The topological polar surface area (TPSA) is 40.5 Å². The molecule has 0 bridgehead atoms. The Bertz CT molecular complexity index is 336. The van der Waals surface area contributed by atoms with Crippen molar-refractivity contribution < 1.29 is 14.6 Å². The molecule has 0 radical (unpaired) electrons. The van der Waals surface area contributed by atoms with Gasteiger partial charge < -0.3 is 10.2 Å². The number of aryl methyl sites for hydroxylation is 1. The molecule has 2 atom stereocenters. The summed E-state index contributed by atoms with van der Waals surface area (Å²) in [6.45, 7) is 5.28. The maximum absolute atomic E-state index is 13.0. The first kappa shape index (κ1) is 12.1. The summed E-state index contributed by atoms with van der Waals surface area (Å²) in [5.41, 5.74) is 1.03. The van der Waals surface area contributed by atoms with Crippen LogP contribution in [0.1, 0.15) is 31.1 Å². The Hall–Kier alpha value is -0.930. The summed E-state index contributed by atoms with van der Waals surface area (Å²) < 4.78 is 13.0. The van der Waals surface area contributed by atoms with Crippen LogP contribution in [-0.4, -0.2) is 16.3 Å². The lowest BCUT2D eigenvalue weighted by Gasteiger charge is -2.21. The van der Waals surface area contributed by atoms with E-state index in [1.165, 1.54) is 12.1 Å². The van der Waals surface area contributed by atoms with Crippen molar-refractivity contribution in [2.24, 2.45) is 5.92 Å². The van der Waals surface area contributed by atoms with Crippen LogP contribution in [0.15, 0.2) is 18.2 Å². The summed E-state index contributed by atoms with van der Waals surface area (Å²) >= 11 is 0. The van der Waals surface area contributed by atoms with Crippen LogP contribution >= 0.6 is 0 Å². The molecule has 1 rings (SSSR count). The van der Waals surface area contributed by atoms with Crippen LogP contribution in [0.3, 0.4) is 0 Å². The minimum Gasteiger partial charge on any atom is -0.390 e.